The maximum absolute atomic E-state index is 10.1. The fraction of sp³-hybridized carbons (Fsp3) is 0. The smallest absolute Gasteiger partial charge is 0.331 e. The second-order valence-electron chi connectivity index (χ2n) is 2.59. The largest absolute Gasteiger partial charge is 0.478 e. The van der Waals surface area contributed by atoms with Gasteiger partial charge in [-0.2, -0.15) is 0 Å². The number of aliphatic carboxylic acids is 1. The minimum Gasteiger partial charge on any atom is -0.478 e. The number of nitrogens with zero attached hydrogens (tertiary/aromatic N) is 1. The molecule has 0 spiro atoms. The van der Waals surface area contributed by atoms with Gasteiger partial charge >= 0.3 is 5.97 Å². The highest BCUT2D eigenvalue weighted by atomic mass is 16.6. The van der Waals surface area contributed by atoms with Gasteiger partial charge in [0.2, 0.25) is 0 Å². The molecule has 1 aromatic carbocycles. The third kappa shape index (κ3) is 3.95. The Morgan fingerprint density at radius 1 is 1.40 bits per heavy atom. The molecule has 0 saturated carbocycles. The summed E-state index contributed by atoms with van der Waals surface area (Å²) in [6.45, 7) is 0. The SMILES string of the molecule is NC(=NOC=CC(=O)O)c1ccccc1. The lowest BCUT2D eigenvalue weighted by Crippen LogP contribution is -2.12. The predicted octanol–water partition coefficient (Wildman–Crippen LogP) is 0.922. The molecule has 5 heteroatoms. The second kappa shape index (κ2) is 5.43. The molecule has 78 valence electrons. The van der Waals surface area contributed by atoms with E-state index in [4.69, 9.17) is 10.8 Å². The molecule has 5 nitrogen and oxygen atoms in total. The normalized spacial score (nSPS) is 11.6. The monoisotopic (exact) mass is 206 g/mol. The lowest BCUT2D eigenvalue weighted by molar-refractivity contribution is -0.131. The van der Waals surface area contributed by atoms with Gasteiger partial charge in [-0.25, -0.2) is 4.79 Å². The van der Waals surface area contributed by atoms with Crippen molar-refractivity contribution >= 4 is 11.8 Å². The Kier molecular flexibility index (Phi) is 3.91. The molecule has 0 unspecified atom stereocenters. The molecule has 0 radical (unpaired) electrons. The van der Waals surface area contributed by atoms with Crippen molar-refractivity contribution in [3.8, 4) is 0 Å². The Morgan fingerprint density at radius 3 is 2.67 bits per heavy atom. The number of carboxylic acid groups (broad SMARTS) is 1. The fourth-order valence-corrected chi connectivity index (χ4v) is 0.837. The van der Waals surface area contributed by atoms with Crippen LogP contribution in [0.25, 0.3) is 0 Å². The van der Waals surface area contributed by atoms with Gasteiger partial charge in [0.25, 0.3) is 0 Å². The summed E-state index contributed by atoms with van der Waals surface area (Å²) in [4.78, 5) is 14.6. The van der Waals surface area contributed by atoms with Gasteiger partial charge < -0.3 is 15.7 Å². The van der Waals surface area contributed by atoms with Crippen LogP contribution in [0.1, 0.15) is 5.56 Å². The number of hydrogen-bond donors (Lipinski definition) is 2. The number of oxime groups is 1. The summed E-state index contributed by atoms with van der Waals surface area (Å²) in [6.07, 6.45) is 1.76. The minimum absolute atomic E-state index is 0.186. The van der Waals surface area contributed by atoms with E-state index >= 15 is 0 Å². The molecule has 0 amide bonds. The lowest BCUT2D eigenvalue weighted by Gasteiger charge is -1.97. The average molecular weight is 206 g/mol. The van der Waals surface area contributed by atoms with Crippen molar-refractivity contribution in [2.45, 2.75) is 0 Å². The van der Waals surface area contributed by atoms with Crippen molar-refractivity contribution in [1.82, 2.24) is 0 Å². The zero-order valence-corrected chi connectivity index (χ0v) is 7.83. The fourth-order valence-electron chi connectivity index (χ4n) is 0.837. The average Bonchev–Trinajstić information content (AvgIpc) is 2.25. The molecule has 0 heterocycles. The van der Waals surface area contributed by atoms with E-state index in [0.29, 0.717) is 5.56 Å². The molecule has 1 aromatic rings. The minimum atomic E-state index is -1.11. The molecule has 0 aliphatic carbocycles. The van der Waals surface area contributed by atoms with E-state index in [9.17, 15) is 4.79 Å². The topological polar surface area (TPSA) is 84.9 Å². The third-order valence-corrected chi connectivity index (χ3v) is 1.49. The van der Waals surface area contributed by atoms with Crippen LogP contribution in [0, 0.1) is 0 Å². The molecule has 0 fully saturated rings. The van der Waals surface area contributed by atoms with Gasteiger partial charge in [0.1, 0.15) is 6.26 Å². The molecular formula is C10H10N2O3. The van der Waals surface area contributed by atoms with Crippen LogP contribution in [0.15, 0.2) is 47.8 Å². The summed E-state index contributed by atoms with van der Waals surface area (Å²) in [5, 5.41) is 11.8. The van der Waals surface area contributed by atoms with Gasteiger partial charge in [0.15, 0.2) is 5.84 Å². The zero-order chi connectivity index (χ0) is 11.1. The summed E-state index contributed by atoms with van der Waals surface area (Å²) in [5.74, 6) is -0.922. The Balaban J connectivity index is 2.58. The molecule has 0 atom stereocenters. The molecule has 1 rings (SSSR count). The standard InChI is InChI=1S/C10H10N2O3/c11-10(8-4-2-1-3-5-8)12-15-7-6-9(13)14/h1-7H,(H2,11,12)(H,13,14). The molecule has 0 aromatic heterocycles. The van der Waals surface area contributed by atoms with Crippen molar-refractivity contribution in [3.05, 3.63) is 48.2 Å². The summed E-state index contributed by atoms with van der Waals surface area (Å²) in [6, 6.07) is 9.00. The van der Waals surface area contributed by atoms with Crippen molar-refractivity contribution in [2.24, 2.45) is 10.9 Å². The first-order chi connectivity index (χ1) is 7.20. The van der Waals surface area contributed by atoms with Crippen LogP contribution in [-0.4, -0.2) is 16.9 Å². The summed E-state index contributed by atoms with van der Waals surface area (Å²) >= 11 is 0. The Bertz CT molecular complexity index is 385. The summed E-state index contributed by atoms with van der Waals surface area (Å²) in [5.41, 5.74) is 6.27. The van der Waals surface area contributed by atoms with Crippen molar-refractivity contribution in [3.63, 3.8) is 0 Å². The molecule has 0 bridgehead atoms. The van der Waals surface area contributed by atoms with E-state index in [-0.39, 0.29) is 5.84 Å². The molecular weight excluding hydrogens is 196 g/mol. The Morgan fingerprint density at radius 2 is 2.07 bits per heavy atom. The lowest BCUT2D eigenvalue weighted by atomic mass is 10.2. The van der Waals surface area contributed by atoms with E-state index < -0.39 is 5.97 Å². The first kappa shape index (κ1) is 10.8. The van der Waals surface area contributed by atoms with E-state index in [1.54, 1.807) is 12.1 Å². The van der Waals surface area contributed by atoms with Crippen LogP contribution in [0.4, 0.5) is 0 Å². The van der Waals surface area contributed by atoms with E-state index in [0.717, 1.165) is 12.3 Å². The van der Waals surface area contributed by atoms with Gasteiger partial charge in [-0.3, -0.25) is 0 Å². The maximum atomic E-state index is 10.1. The zero-order valence-electron chi connectivity index (χ0n) is 7.83. The van der Waals surface area contributed by atoms with Gasteiger partial charge in [-0.15, -0.1) is 0 Å². The van der Waals surface area contributed by atoms with Crippen molar-refractivity contribution in [2.75, 3.05) is 0 Å². The van der Waals surface area contributed by atoms with Crippen LogP contribution >= 0.6 is 0 Å². The highest BCUT2D eigenvalue weighted by molar-refractivity contribution is 5.96. The third-order valence-electron chi connectivity index (χ3n) is 1.49. The molecule has 0 saturated heterocycles. The molecule has 0 aliphatic rings. The number of carboxylic acids is 1. The van der Waals surface area contributed by atoms with Gasteiger partial charge in [-0.05, 0) is 0 Å². The van der Waals surface area contributed by atoms with Crippen LogP contribution in [0.5, 0.6) is 0 Å². The highest BCUT2D eigenvalue weighted by Gasteiger charge is 1.95. The van der Waals surface area contributed by atoms with Gasteiger partial charge in [-0.1, -0.05) is 35.5 Å². The number of hydrogen-bond acceptors (Lipinski definition) is 3. The summed E-state index contributed by atoms with van der Waals surface area (Å²) < 4.78 is 0. The molecule has 15 heavy (non-hydrogen) atoms. The van der Waals surface area contributed by atoms with Crippen LogP contribution in [0.2, 0.25) is 0 Å². The van der Waals surface area contributed by atoms with Crippen LogP contribution in [-0.2, 0) is 9.63 Å². The first-order valence-electron chi connectivity index (χ1n) is 4.14. The Labute approximate surface area is 86.5 Å². The number of amidine groups is 1. The number of benzene rings is 1. The van der Waals surface area contributed by atoms with Crippen LogP contribution in [0.3, 0.4) is 0 Å². The van der Waals surface area contributed by atoms with Crippen LogP contribution < -0.4 is 5.73 Å². The highest BCUT2D eigenvalue weighted by Crippen LogP contribution is 1.97. The van der Waals surface area contributed by atoms with Gasteiger partial charge in [0.05, 0.1) is 6.08 Å². The van der Waals surface area contributed by atoms with E-state index in [1.165, 1.54) is 0 Å². The second-order valence-corrected chi connectivity index (χ2v) is 2.59. The first-order valence-corrected chi connectivity index (χ1v) is 4.14. The van der Waals surface area contributed by atoms with E-state index in [2.05, 4.69) is 9.99 Å². The number of nitrogens with two attached hydrogens (primary N) is 1. The Hall–Kier alpha value is -2.30. The predicted molar refractivity (Wildman–Crippen MR) is 55.0 cm³/mol. The van der Waals surface area contributed by atoms with E-state index in [1.807, 2.05) is 18.2 Å². The van der Waals surface area contributed by atoms with Crippen molar-refractivity contribution < 1.29 is 14.7 Å². The quantitative estimate of drug-likeness (QED) is 0.252. The number of rotatable bonds is 4. The summed E-state index contributed by atoms with van der Waals surface area (Å²) in [7, 11) is 0. The number of carbonyl (C=O) groups is 1. The molecule has 0 aliphatic heterocycles. The van der Waals surface area contributed by atoms with Gasteiger partial charge in [0, 0.05) is 5.56 Å². The molecule has 3 N–H and O–H groups in total. The maximum Gasteiger partial charge on any atom is 0.331 e. The van der Waals surface area contributed by atoms with Crippen molar-refractivity contribution in [1.29, 1.82) is 0 Å².